The average molecular weight is 391 g/mol. The zero-order valence-corrected chi connectivity index (χ0v) is 16.7. The van der Waals surface area contributed by atoms with Crippen molar-refractivity contribution < 1.29 is 14.3 Å². The fourth-order valence-corrected chi connectivity index (χ4v) is 4.16. The number of nitrogens with zero attached hydrogens (tertiary/aromatic N) is 3. The molecule has 1 saturated heterocycles. The second-order valence-electron chi connectivity index (χ2n) is 6.71. The minimum atomic E-state index is -0.110. The molecule has 3 rings (SSSR count). The van der Waals surface area contributed by atoms with E-state index in [2.05, 4.69) is 4.98 Å². The highest BCUT2D eigenvalue weighted by atomic mass is 32.2. The normalized spacial score (nSPS) is 20.2. The highest BCUT2D eigenvalue weighted by Crippen LogP contribution is 2.20. The molecule has 0 spiro atoms. The van der Waals surface area contributed by atoms with Gasteiger partial charge in [-0.05, 0) is 26.0 Å². The molecule has 1 aromatic carbocycles. The van der Waals surface area contributed by atoms with Gasteiger partial charge >= 0.3 is 0 Å². The molecule has 1 aliphatic rings. The number of methoxy groups -OCH3 is 1. The number of ether oxygens (including phenoxy) is 2. The summed E-state index contributed by atoms with van der Waals surface area (Å²) in [7, 11) is 1.59. The van der Waals surface area contributed by atoms with Gasteiger partial charge in [0.05, 0.1) is 42.0 Å². The molecule has 1 fully saturated rings. The number of morpholine rings is 1. The van der Waals surface area contributed by atoms with Crippen molar-refractivity contribution in [2.45, 2.75) is 37.8 Å². The van der Waals surface area contributed by atoms with Gasteiger partial charge in [-0.25, -0.2) is 4.98 Å². The molecule has 1 amide bonds. The number of amides is 1. The molecule has 0 N–H and O–H groups in total. The standard InChI is InChI=1S/C19H25N3O4S/c1-13-10-21(11-14(2)26-13)17(23)12-27-19-20-16-7-5-4-6-15(16)18(24)22(19)8-9-25-3/h4-7,13-14H,8-12H2,1-3H3/t13-,14-/m1/s1. The quantitative estimate of drug-likeness (QED) is 0.552. The average Bonchev–Trinajstić information content (AvgIpc) is 2.65. The Labute approximate surface area is 162 Å². The lowest BCUT2D eigenvalue weighted by molar-refractivity contribution is -0.140. The van der Waals surface area contributed by atoms with E-state index in [4.69, 9.17) is 9.47 Å². The number of thioether (sulfide) groups is 1. The van der Waals surface area contributed by atoms with Gasteiger partial charge in [0.15, 0.2) is 5.16 Å². The van der Waals surface area contributed by atoms with Gasteiger partial charge < -0.3 is 14.4 Å². The van der Waals surface area contributed by atoms with Crippen LogP contribution in [-0.2, 0) is 20.8 Å². The Kier molecular flexibility index (Phi) is 6.51. The van der Waals surface area contributed by atoms with Crippen LogP contribution in [0.4, 0.5) is 0 Å². The van der Waals surface area contributed by atoms with Crippen molar-refractivity contribution in [1.82, 2.24) is 14.5 Å². The summed E-state index contributed by atoms with van der Waals surface area (Å²) < 4.78 is 12.4. The molecule has 0 saturated carbocycles. The van der Waals surface area contributed by atoms with Crippen LogP contribution in [0, 0.1) is 0 Å². The summed E-state index contributed by atoms with van der Waals surface area (Å²) >= 11 is 1.29. The van der Waals surface area contributed by atoms with Gasteiger partial charge in [-0.15, -0.1) is 0 Å². The van der Waals surface area contributed by atoms with Gasteiger partial charge in [0.1, 0.15) is 0 Å². The molecule has 0 radical (unpaired) electrons. The number of hydrogen-bond donors (Lipinski definition) is 0. The number of benzene rings is 1. The molecule has 1 aromatic heterocycles. The first-order chi connectivity index (χ1) is 13.0. The molecular weight excluding hydrogens is 366 g/mol. The molecule has 2 atom stereocenters. The molecule has 0 unspecified atom stereocenters. The number of fused-ring (bicyclic) bond motifs is 1. The van der Waals surface area contributed by atoms with Crippen molar-refractivity contribution in [1.29, 1.82) is 0 Å². The number of carbonyl (C=O) groups is 1. The van der Waals surface area contributed by atoms with E-state index in [0.29, 0.717) is 42.3 Å². The fraction of sp³-hybridized carbons (Fsp3) is 0.526. The minimum Gasteiger partial charge on any atom is -0.383 e. The van der Waals surface area contributed by atoms with Crippen LogP contribution in [0.15, 0.2) is 34.2 Å². The van der Waals surface area contributed by atoms with Crippen LogP contribution >= 0.6 is 11.8 Å². The monoisotopic (exact) mass is 391 g/mol. The van der Waals surface area contributed by atoms with Crippen LogP contribution in [0.3, 0.4) is 0 Å². The molecule has 1 aliphatic heterocycles. The van der Waals surface area contributed by atoms with E-state index in [1.54, 1.807) is 17.7 Å². The van der Waals surface area contributed by atoms with Gasteiger partial charge in [-0.2, -0.15) is 0 Å². The Balaban J connectivity index is 1.80. The minimum absolute atomic E-state index is 0.0291. The highest BCUT2D eigenvalue weighted by Gasteiger charge is 2.26. The van der Waals surface area contributed by atoms with Crippen LogP contribution < -0.4 is 5.56 Å². The summed E-state index contributed by atoms with van der Waals surface area (Å²) in [4.78, 5) is 31.9. The summed E-state index contributed by atoms with van der Waals surface area (Å²) in [5.41, 5.74) is 0.529. The predicted octanol–water partition coefficient (Wildman–Crippen LogP) is 1.77. The highest BCUT2D eigenvalue weighted by molar-refractivity contribution is 7.99. The lowest BCUT2D eigenvalue weighted by Crippen LogP contribution is -2.48. The lowest BCUT2D eigenvalue weighted by Gasteiger charge is -2.35. The van der Waals surface area contributed by atoms with Crippen LogP contribution in [0.1, 0.15) is 13.8 Å². The molecular formula is C19H25N3O4S. The molecule has 146 valence electrons. The largest absolute Gasteiger partial charge is 0.383 e. The predicted molar refractivity (Wildman–Crippen MR) is 105 cm³/mol. The molecule has 2 aromatic rings. The van der Waals surface area contributed by atoms with Crippen molar-refractivity contribution in [2.75, 3.05) is 32.6 Å². The zero-order valence-electron chi connectivity index (χ0n) is 15.9. The van der Waals surface area contributed by atoms with Crippen molar-refractivity contribution >= 4 is 28.6 Å². The van der Waals surface area contributed by atoms with E-state index in [-0.39, 0.29) is 29.4 Å². The maximum absolute atomic E-state index is 12.8. The van der Waals surface area contributed by atoms with Crippen LogP contribution in [0.5, 0.6) is 0 Å². The third kappa shape index (κ3) is 4.69. The Morgan fingerprint density at radius 2 is 2.00 bits per heavy atom. The van der Waals surface area contributed by atoms with E-state index in [9.17, 15) is 9.59 Å². The zero-order chi connectivity index (χ0) is 19.4. The number of para-hydroxylation sites is 1. The van der Waals surface area contributed by atoms with Gasteiger partial charge in [-0.1, -0.05) is 23.9 Å². The third-order valence-electron chi connectivity index (χ3n) is 4.44. The first-order valence-corrected chi connectivity index (χ1v) is 10.0. The Morgan fingerprint density at radius 3 is 2.70 bits per heavy atom. The Morgan fingerprint density at radius 1 is 1.30 bits per heavy atom. The molecule has 8 heteroatoms. The summed E-state index contributed by atoms with van der Waals surface area (Å²) in [6, 6.07) is 7.26. The fourth-order valence-electron chi connectivity index (χ4n) is 3.24. The maximum atomic E-state index is 12.8. The SMILES string of the molecule is COCCn1c(SCC(=O)N2C[C@@H](C)O[C@H](C)C2)nc2ccccc2c1=O. The number of aromatic nitrogens is 2. The molecule has 0 bridgehead atoms. The summed E-state index contributed by atoms with van der Waals surface area (Å²) in [5, 5.41) is 1.11. The second kappa shape index (κ2) is 8.86. The first kappa shape index (κ1) is 19.9. The smallest absolute Gasteiger partial charge is 0.262 e. The van der Waals surface area contributed by atoms with E-state index in [1.807, 2.05) is 36.9 Å². The number of rotatable bonds is 6. The number of hydrogen-bond acceptors (Lipinski definition) is 6. The first-order valence-electron chi connectivity index (χ1n) is 9.04. The summed E-state index contributed by atoms with van der Waals surface area (Å²) in [6.07, 6.45) is 0.0581. The third-order valence-corrected chi connectivity index (χ3v) is 5.40. The van der Waals surface area contributed by atoms with Gasteiger partial charge in [0.2, 0.25) is 5.91 Å². The van der Waals surface area contributed by atoms with Crippen molar-refractivity contribution in [3.63, 3.8) is 0 Å². The molecule has 0 aliphatic carbocycles. The topological polar surface area (TPSA) is 73.7 Å². The van der Waals surface area contributed by atoms with Crippen LogP contribution in [-0.4, -0.2) is 65.1 Å². The number of carbonyl (C=O) groups excluding carboxylic acids is 1. The van der Waals surface area contributed by atoms with E-state index >= 15 is 0 Å². The maximum Gasteiger partial charge on any atom is 0.262 e. The van der Waals surface area contributed by atoms with Crippen molar-refractivity contribution in [2.24, 2.45) is 0 Å². The molecule has 27 heavy (non-hydrogen) atoms. The summed E-state index contributed by atoms with van der Waals surface area (Å²) in [6.45, 7) is 5.92. The lowest BCUT2D eigenvalue weighted by atomic mass is 10.2. The van der Waals surface area contributed by atoms with Crippen molar-refractivity contribution in [3.05, 3.63) is 34.6 Å². The van der Waals surface area contributed by atoms with E-state index in [1.165, 1.54) is 11.8 Å². The van der Waals surface area contributed by atoms with E-state index < -0.39 is 0 Å². The van der Waals surface area contributed by atoms with Crippen LogP contribution in [0.25, 0.3) is 10.9 Å². The second-order valence-corrected chi connectivity index (χ2v) is 7.65. The van der Waals surface area contributed by atoms with E-state index in [0.717, 1.165) is 0 Å². The van der Waals surface area contributed by atoms with Gasteiger partial charge in [0.25, 0.3) is 5.56 Å². The van der Waals surface area contributed by atoms with Crippen molar-refractivity contribution in [3.8, 4) is 0 Å². The molecule has 7 nitrogen and oxygen atoms in total. The van der Waals surface area contributed by atoms with Gasteiger partial charge in [0, 0.05) is 20.2 Å². The van der Waals surface area contributed by atoms with Gasteiger partial charge in [-0.3, -0.25) is 14.2 Å². The van der Waals surface area contributed by atoms with Crippen LogP contribution in [0.2, 0.25) is 0 Å². The Bertz CT molecular complexity index is 860. The molecule has 2 heterocycles. The Hall–Kier alpha value is -1.90. The summed E-state index contributed by atoms with van der Waals surface area (Å²) in [5.74, 6) is 0.264.